The van der Waals surface area contributed by atoms with Gasteiger partial charge in [0.1, 0.15) is 0 Å². The molecule has 4 rings (SSSR count). The Morgan fingerprint density at radius 2 is 1.93 bits per heavy atom. The minimum absolute atomic E-state index is 0.206. The first-order chi connectivity index (χ1) is 13.2. The van der Waals surface area contributed by atoms with Crippen molar-refractivity contribution in [1.29, 1.82) is 0 Å². The quantitative estimate of drug-likeness (QED) is 0.503. The first-order valence-corrected chi connectivity index (χ1v) is 8.36. The molecule has 3 aromatic rings. The first-order valence-electron chi connectivity index (χ1n) is 8.36. The monoisotopic (exact) mass is 364 g/mol. The summed E-state index contributed by atoms with van der Waals surface area (Å²) < 4.78 is 21.5. The molecular formula is C20H16N2O5. The van der Waals surface area contributed by atoms with Crippen LogP contribution in [0, 0.1) is 0 Å². The van der Waals surface area contributed by atoms with Gasteiger partial charge in [0.15, 0.2) is 17.6 Å². The zero-order chi connectivity index (χ0) is 18.6. The van der Waals surface area contributed by atoms with Crippen LogP contribution in [0.1, 0.15) is 24.5 Å². The molecule has 0 N–H and O–H groups in total. The van der Waals surface area contributed by atoms with Gasteiger partial charge in [-0.05, 0) is 42.8 Å². The molecular weight excluding hydrogens is 348 g/mol. The second-order valence-electron chi connectivity index (χ2n) is 5.84. The average Bonchev–Trinajstić information content (AvgIpc) is 3.36. The summed E-state index contributed by atoms with van der Waals surface area (Å²) >= 11 is 0. The lowest BCUT2D eigenvalue weighted by Gasteiger charge is -2.06. The van der Waals surface area contributed by atoms with E-state index in [0.717, 1.165) is 11.1 Å². The number of benzene rings is 2. The van der Waals surface area contributed by atoms with Gasteiger partial charge in [0.2, 0.25) is 12.7 Å². The number of carbonyl (C=O) groups excluding carboxylic acids is 1. The molecule has 1 aliphatic rings. The van der Waals surface area contributed by atoms with E-state index >= 15 is 0 Å². The van der Waals surface area contributed by atoms with Crippen molar-refractivity contribution >= 4 is 12.0 Å². The normalized spacial score (nSPS) is 13.7. The van der Waals surface area contributed by atoms with E-state index in [1.807, 2.05) is 36.4 Å². The number of carbonyl (C=O) groups is 1. The number of aromatic nitrogens is 2. The van der Waals surface area contributed by atoms with Crippen LogP contribution in [0.25, 0.3) is 17.5 Å². The number of hydrogen-bond donors (Lipinski definition) is 0. The van der Waals surface area contributed by atoms with Crippen LogP contribution >= 0.6 is 0 Å². The summed E-state index contributed by atoms with van der Waals surface area (Å²) in [7, 11) is 0. The molecule has 2 heterocycles. The molecule has 0 aliphatic carbocycles. The third kappa shape index (κ3) is 3.82. The molecule has 7 heteroatoms. The highest BCUT2D eigenvalue weighted by molar-refractivity contribution is 5.87. The highest BCUT2D eigenvalue weighted by atomic mass is 16.7. The Morgan fingerprint density at radius 1 is 1.11 bits per heavy atom. The van der Waals surface area contributed by atoms with Gasteiger partial charge in [-0.15, -0.1) is 10.2 Å². The fraction of sp³-hybridized carbons (Fsp3) is 0.150. The molecule has 0 saturated carbocycles. The van der Waals surface area contributed by atoms with Crippen LogP contribution in [-0.4, -0.2) is 23.0 Å². The molecule has 1 aliphatic heterocycles. The minimum Gasteiger partial charge on any atom is -0.454 e. The highest BCUT2D eigenvalue weighted by Gasteiger charge is 2.18. The average molecular weight is 364 g/mol. The van der Waals surface area contributed by atoms with Crippen molar-refractivity contribution in [2.45, 2.75) is 13.0 Å². The maximum Gasteiger partial charge on any atom is 0.331 e. The highest BCUT2D eigenvalue weighted by Crippen LogP contribution is 2.32. The third-order valence-electron chi connectivity index (χ3n) is 3.91. The number of rotatable bonds is 5. The first kappa shape index (κ1) is 16.8. The van der Waals surface area contributed by atoms with Crippen LogP contribution in [0.2, 0.25) is 0 Å². The van der Waals surface area contributed by atoms with Gasteiger partial charge in [-0.25, -0.2) is 4.79 Å². The van der Waals surface area contributed by atoms with Gasteiger partial charge in [-0.2, -0.15) is 0 Å². The van der Waals surface area contributed by atoms with Crippen molar-refractivity contribution in [2.75, 3.05) is 6.79 Å². The zero-order valence-electron chi connectivity index (χ0n) is 14.5. The fourth-order valence-electron chi connectivity index (χ4n) is 2.54. The molecule has 27 heavy (non-hydrogen) atoms. The summed E-state index contributed by atoms with van der Waals surface area (Å²) in [4.78, 5) is 12.1. The van der Waals surface area contributed by atoms with E-state index in [-0.39, 0.29) is 12.7 Å². The second kappa shape index (κ2) is 7.33. The van der Waals surface area contributed by atoms with E-state index in [4.69, 9.17) is 18.6 Å². The SMILES string of the molecule is C[C@H](OC(=O)/C=C/c1ccc2c(c1)OCO2)c1nnc(-c2ccccc2)o1. The second-order valence-corrected chi connectivity index (χ2v) is 5.84. The van der Waals surface area contributed by atoms with Crippen molar-refractivity contribution in [2.24, 2.45) is 0 Å². The molecule has 1 atom stereocenters. The minimum atomic E-state index is -0.663. The molecule has 0 amide bonds. The number of hydrogen-bond acceptors (Lipinski definition) is 7. The van der Waals surface area contributed by atoms with Crippen molar-refractivity contribution in [3.05, 3.63) is 66.1 Å². The van der Waals surface area contributed by atoms with E-state index in [2.05, 4.69) is 10.2 Å². The Balaban J connectivity index is 1.38. The Morgan fingerprint density at radius 3 is 2.78 bits per heavy atom. The molecule has 0 radical (unpaired) electrons. The van der Waals surface area contributed by atoms with Crippen LogP contribution < -0.4 is 9.47 Å². The number of nitrogens with zero attached hydrogens (tertiary/aromatic N) is 2. The maximum atomic E-state index is 12.1. The molecule has 0 spiro atoms. The lowest BCUT2D eigenvalue weighted by atomic mass is 10.2. The Hall–Kier alpha value is -3.61. The predicted octanol–water partition coefficient (Wildman–Crippen LogP) is 3.78. The Kier molecular flexibility index (Phi) is 4.57. The summed E-state index contributed by atoms with van der Waals surface area (Å²) in [5.74, 6) is 1.44. The maximum absolute atomic E-state index is 12.1. The zero-order valence-corrected chi connectivity index (χ0v) is 14.5. The van der Waals surface area contributed by atoms with Gasteiger partial charge in [0.05, 0.1) is 0 Å². The van der Waals surface area contributed by atoms with Crippen molar-refractivity contribution in [1.82, 2.24) is 10.2 Å². The summed E-state index contributed by atoms with van der Waals surface area (Å²) in [6, 6.07) is 14.8. The van der Waals surface area contributed by atoms with Gasteiger partial charge in [0, 0.05) is 11.6 Å². The van der Waals surface area contributed by atoms with Crippen LogP contribution in [0.15, 0.2) is 59.0 Å². The van der Waals surface area contributed by atoms with Crippen LogP contribution in [-0.2, 0) is 9.53 Å². The van der Waals surface area contributed by atoms with Crippen LogP contribution in [0.3, 0.4) is 0 Å². The lowest BCUT2D eigenvalue weighted by Crippen LogP contribution is -2.06. The lowest BCUT2D eigenvalue weighted by molar-refractivity contribution is -0.143. The van der Waals surface area contributed by atoms with E-state index in [1.54, 1.807) is 25.1 Å². The summed E-state index contributed by atoms with van der Waals surface area (Å²) in [6.45, 7) is 1.88. The Labute approximate surface area is 155 Å². The molecule has 7 nitrogen and oxygen atoms in total. The summed E-state index contributed by atoms with van der Waals surface area (Å²) in [6.07, 6.45) is 2.31. The molecule has 0 saturated heterocycles. The smallest absolute Gasteiger partial charge is 0.331 e. The molecule has 1 aromatic heterocycles. The molecule has 136 valence electrons. The Bertz CT molecular complexity index is 981. The topological polar surface area (TPSA) is 83.7 Å². The molecule has 0 fully saturated rings. The molecule has 0 bridgehead atoms. The summed E-state index contributed by atoms with van der Waals surface area (Å²) in [5, 5.41) is 7.94. The van der Waals surface area contributed by atoms with E-state index < -0.39 is 12.1 Å². The largest absolute Gasteiger partial charge is 0.454 e. The van der Waals surface area contributed by atoms with E-state index in [1.165, 1.54) is 6.08 Å². The molecule has 2 aromatic carbocycles. The van der Waals surface area contributed by atoms with Gasteiger partial charge >= 0.3 is 5.97 Å². The number of ether oxygens (including phenoxy) is 3. The third-order valence-corrected chi connectivity index (χ3v) is 3.91. The van der Waals surface area contributed by atoms with Crippen molar-refractivity contribution < 1.29 is 23.4 Å². The van der Waals surface area contributed by atoms with Gasteiger partial charge in [0.25, 0.3) is 5.89 Å². The standard InChI is InChI=1S/C20H16N2O5/c1-13(19-21-22-20(27-19)15-5-3-2-4-6-15)26-18(23)10-8-14-7-9-16-17(11-14)25-12-24-16/h2-11,13H,12H2,1H3/b10-8+/t13-/m0/s1. The van der Waals surface area contributed by atoms with Crippen molar-refractivity contribution in [3.8, 4) is 23.0 Å². The van der Waals surface area contributed by atoms with Crippen molar-refractivity contribution in [3.63, 3.8) is 0 Å². The van der Waals surface area contributed by atoms with Gasteiger partial charge < -0.3 is 18.6 Å². The van der Waals surface area contributed by atoms with Gasteiger partial charge in [-0.1, -0.05) is 24.3 Å². The number of esters is 1. The van der Waals surface area contributed by atoms with Crippen LogP contribution in [0.5, 0.6) is 11.5 Å². The summed E-state index contributed by atoms with van der Waals surface area (Å²) in [5.41, 5.74) is 1.60. The predicted molar refractivity (Wildman–Crippen MR) is 95.8 cm³/mol. The van der Waals surface area contributed by atoms with E-state index in [0.29, 0.717) is 17.4 Å². The van der Waals surface area contributed by atoms with Crippen LogP contribution in [0.4, 0.5) is 0 Å². The van der Waals surface area contributed by atoms with Gasteiger partial charge in [-0.3, -0.25) is 0 Å². The van der Waals surface area contributed by atoms with E-state index in [9.17, 15) is 4.79 Å². The number of fused-ring (bicyclic) bond motifs is 1. The fourth-order valence-corrected chi connectivity index (χ4v) is 2.54. The molecule has 0 unspecified atom stereocenters.